The molecule has 1 fully saturated rings. The average Bonchev–Trinajstić information content (AvgIpc) is 2.89. The second kappa shape index (κ2) is 8.78. The lowest BCUT2D eigenvalue weighted by molar-refractivity contribution is -0.0273. The van der Waals surface area contributed by atoms with Crippen molar-refractivity contribution < 1.29 is 14.4 Å². The molecule has 2 aromatic rings. The number of phenolic OH excluding ortho intramolecular Hbond substituents is 1. The van der Waals surface area contributed by atoms with Gasteiger partial charge in [0.2, 0.25) is 0 Å². The number of aromatic amines is 1. The van der Waals surface area contributed by atoms with Gasteiger partial charge in [0.25, 0.3) is 5.56 Å². The summed E-state index contributed by atoms with van der Waals surface area (Å²) in [5.41, 5.74) is -0.844. The molecule has 0 amide bonds. The quantitative estimate of drug-likeness (QED) is 0.820. The number of rotatable bonds is 3. The van der Waals surface area contributed by atoms with E-state index in [1.54, 1.807) is 24.3 Å². The van der Waals surface area contributed by atoms with Gasteiger partial charge in [-0.2, -0.15) is 0 Å². The summed E-state index contributed by atoms with van der Waals surface area (Å²) in [5.74, 6) is 0.520. The molecule has 1 aromatic carbocycles. The van der Waals surface area contributed by atoms with Gasteiger partial charge >= 0.3 is 5.69 Å². The third-order valence-electron chi connectivity index (χ3n) is 3.62. The molecule has 1 aliphatic heterocycles. The van der Waals surface area contributed by atoms with Gasteiger partial charge in [-0.3, -0.25) is 14.3 Å². The second-order valence-corrected chi connectivity index (χ2v) is 5.88. The van der Waals surface area contributed by atoms with Gasteiger partial charge in [-0.1, -0.05) is 25.1 Å². The van der Waals surface area contributed by atoms with Crippen molar-refractivity contribution in [2.24, 2.45) is 5.92 Å². The molecule has 130 valence electrons. The van der Waals surface area contributed by atoms with Gasteiger partial charge in [-0.25, -0.2) is 4.79 Å². The van der Waals surface area contributed by atoms with Gasteiger partial charge < -0.3 is 14.4 Å². The lowest BCUT2D eigenvalue weighted by atomic mass is 10.1. The van der Waals surface area contributed by atoms with E-state index in [9.17, 15) is 9.59 Å². The highest BCUT2D eigenvalue weighted by Gasteiger charge is 2.33. The Morgan fingerprint density at radius 3 is 2.58 bits per heavy atom. The van der Waals surface area contributed by atoms with Crippen LogP contribution in [0.2, 0.25) is 0 Å². The summed E-state index contributed by atoms with van der Waals surface area (Å²) in [6, 6.07) is 10.0. The number of nitrogens with one attached hydrogen (secondary N) is 1. The van der Waals surface area contributed by atoms with Crippen molar-refractivity contribution in [2.45, 2.75) is 25.7 Å². The molecule has 8 heteroatoms. The van der Waals surface area contributed by atoms with Crippen LogP contribution >= 0.6 is 9.47 Å². The van der Waals surface area contributed by atoms with Crippen LogP contribution in [0.25, 0.3) is 0 Å². The largest absolute Gasteiger partial charge is 0.508 e. The Hall–Kier alpha value is -1.95. The fourth-order valence-corrected chi connectivity index (χ4v) is 2.74. The summed E-state index contributed by atoms with van der Waals surface area (Å²) in [5, 5.41) is 8.63. The predicted octanol–water partition coefficient (Wildman–Crippen LogP) is 1.66. The molecule has 0 saturated carbocycles. The molecule has 0 radical (unpaired) electrons. The number of H-pyrrole nitrogens is 1. The Balaban J connectivity index is 0.000000249. The summed E-state index contributed by atoms with van der Waals surface area (Å²) < 4.78 is 12.1. The molecule has 4 unspecified atom stereocenters. The number of hydrogen-bond acceptors (Lipinski definition) is 5. The molecule has 3 rings (SSSR count). The zero-order valence-corrected chi connectivity index (χ0v) is 14.4. The van der Waals surface area contributed by atoms with E-state index in [2.05, 4.69) is 14.5 Å². The van der Waals surface area contributed by atoms with Crippen molar-refractivity contribution in [1.29, 1.82) is 0 Å². The lowest BCUT2D eigenvalue weighted by Gasteiger charge is -2.17. The minimum Gasteiger partial charge on any atom is -0.508 e. The number of aromatic nitrogens is 2. The van der Waals surface area contributed by atoms with Crippen molar-refractivity contribution in [1.82, 2.24) is 9.55 Å². The summed E-state index contributed by atoms with van der Waals surface area (Å²) >= 11 is 0. The van der Waals surface area contributed by atoms with Gasteiger partial charge in [0.1, 0.15) is 12.0 Å². The number of ether oxygens (including phenoxy) is 1. The van der Waals surface area contributed by atoms with Gasteiger partial charge in [-0.15, -0.1) is 0 Å². The number of para-hydroxylation sites is 1. The molecule has 4 atom stereocenters. The number of hydrogen-bond donors (Lipinski definition) is 2. The Labute approximate surface area is 141 Å². The normalized spacial score (nSPS) is 22.7. The molecule has 2 N–H and O–H groups in total. The van der Waals surface area contributed by atoms with Crippen LogP contribution in [0.4, 0.5) is 0 Å². The number of benzene rings is 1. The number of phenols is 1. The van der Waals surface area contributed by atoms with E-state index in [0.717, 1.165) is 6.42 Å². The van der Waals surface area contributed by atoms with Crippen LogP contribution in [-0.2, 0) is 9.26 Å². The molecule has 0 bridgehead atoms. The average molecular weight is 352 g/mol. The molecule has 0 aliphatic carbocycles. The van der Waals surface area contributed by atoms with Crippen molar-refractivity contribution in [2.75, 3.05) is 6.61 Å². The fraction of sp³-hybridized carbons (Fsp3) is 0.375. The topological polar surface area (TPSA) is 93.5 Å². The first-order valence-corrected chi connectivity index (χ1v) is 8.01. The second-order valence-electron chi connectivity index (χ2n) is 5.55. The monoisotopic (exact) mass is 352 g/mol. The summed E-state index contributed by atoms with van der Waals surface area (Å²) in [6.07, 6.45) is 1.92. The van der Waals surface area contributed by atoms with Crippen LogP contribution in [0.3, 0.4) is 0 Å². The maximum Gasteiger partial charge on any atom is 0.330 e. The highest BCUT2D eigenvalue weighted by Crippen LogP contribution is 2.33. The predicted molar refractivity (Wildman–Crippen MR) is 92.8 cm³/mol. The molecule has 1 aromatic heterocycles. The maximum absolute atomic E-state index is 11.6. The highest BCUT2D eigenvalue weighted by molar-refractivity contribution is 7.09. The molecule has 1 aliphatic rings. The van der Waals surface area contributed by atoms with Crippen molar-refractivity contribution in [3.05, 3.63) is 63.4 Å². The van der Waals surface area contributed by atoms with E-state index in [4.69, 9.17) is 14.4 Å². The van der Waals surface area contributed by atoms with Gasteiger partial charge in [0.15, 0.2) is 0 Å². The smallest absolute Gasteiger partial charge is 0.330 e. The minimum absolute atomic E-state index is 0.0219. The molecule has 1 saturated heterocycles. The Bertz CT molecular complexity index is 746. The van der Waals surface area contributed by atoms with Crippen LogP contribution in [0.1, 0.15) is 19.6 Å². The van der Waals surface area contributed by atoms with Crippen LogP contribution in [0.15, 0.2) is 52.2 Å². The zero-order valence-electron chi connectivity index (χ0n) is 13.3. The van der Waals surface area contributed by atoms with Gasteiger partial charge in [-0.05, 0) is 18.6 Å². The van der Waals surface area contributed by atoms with E-state index in [-0.39, 0.29) is 18.2 Å². The molecular weight excluding hydrogens is 331 g/mol. The van der Waals surface area contributed by atoms with E-state index in [0.29, 0.717) is 12.4 Å². The Kier molecular flexibility index (Phi) is 6.73. The van der Waals surface area contributed by atoms with Gasteiger partial charge in [0.05, 0.1) is 12.7 Å². The molecule has 2 heterocycles. The van der Waals surface area contributed by atoms with Crippen LogP contribution in [0.5, 0.6) is 5.75 Å². The number of nitrogens with zero attached hydrogens (tertiary/aromatic N) is 1. The first kappa shape index (κ1) is 18.4. The summed E-state index contributed by atoms with van der Waals surface area (Å²) in [7, 11) is 2.18. The molecule has 24 heavy (non-hydrogen) atoms. The third kappa shape index (κ3) is 5.03. The Morgan fingerprint density at radius 1 is 1.33 bits per heavy atom. The van der Waals surface area contributed by atoms with Crippen LogP contribution < -0.4 is 11.2 Å². The molecule has 7 nitrogen and oxygen atoms in total. The van der Waals surface area contributed by atoms with Crippen molar-refractivity contribution >= 4 is 9.47 Å². The standard InChI is InChI=1S/C10H15N2O4P.C6H6O/c1-6-4-7(5-15-17)16-9(6)12-3-2-8(13)11-10(12)14;7-6-4-2-1-3-5-6/h2-3,6-7,9H,4-5,17H2,1H3,(H,11,13,14);1-5,7H. The van der Waals surface area contributed by atoms with Crippen LogP contribution in [0, 0.1) is 5.92 Å². The lowest BCUT2D eigenvalue weighted by Crippen LogP contribution is -2.33. The first-order valence-electron chi connectivity index (χ1n) is 7.54. The molecule has 0 spiro atoms. The van der Waals surface area contributed by atoms with E-state index in [1.165, 1.54) is 16.8 Å². The highest BCUT2D eigenvalue weighted by atomic mass is 31.0. The minimum atomic E-state index is -0.443. The SMILES string of the molecule is CC1CC(COP)OC1n1ccc(=O)[nH]c1=O.Oc1ccccc1. The summed E-state index contributed by atoms with van der Waals surface area (Å²) in [6.45, 7) is 2.48. The van der Waals surface area contributed by atoms with E-state index >= 15 is 0 Å². The Morgan fingerprint density at radius 2 is 2.04 bits per heavy atom. The van der Waals surface area contributed by atoms with Crippen molar-refractivity contribution in [3.8, 4) is 5.75 Å². The molecular formula is C16H21N2O5P. The van der Waals surface area contributed by atoms with Gasteiger partial charge in [0, 0.05) is 27.6 Å². The fourth-order valence-electron chi connectivity index (χ4n) is 2.53. The van der Waals surface area contributed by atoms with Crippen molar-refractivity contribution in [3.63, 3.8) is 0 Å². The van der Waals surface area contributed by atoms with Crippen LogP contribution in [-0.4, -0.2) is 27.4 Å². The first-order chi connectivity index (χ1) is 11.5. The number of aromatic hydroxyl groups is 1. The summed E-state index contributed by atoms with van der Waals surface area (Å²) in [4.78, 5) is 24.8. The van der Waals surface area contributed by atoms with E-state index < -0.39 is 11.2 Å². The van der Waals surface area contributed by atoms with E-state index in [1.807, 2.05) is 13.0 Å². The third-order valence-corrected chi connectivity index (χ3v) is 3.81. The zero-order chi connectivity index (χ0) is 17.5. The maximum atomic E-state index is 11.6.